The first-order chi connectivity index (χ1) is 9.76. The van der Waals surface area contributed by atoms with Gasteiger partial charge in [0.2, 0.25) is 5.91 Å². The van der Waals surface area contributed by atoms with E-state index in [1.807, 2.05) is 31.2 Å². The van der Waals surface area contributed by atoms with Crippen molar-refractivity contribution in [1.82, 2.24) is 10.6 Å². The third-order valence-corrected chi connectivity index (χ3v) is 3.75. The second kappa shape index (κ2) is 7.29. The van der Waals surface area contributed by atoms with Gasteiger partial charge in [-0.3, -0.25) is 4.79 Å². The molecule has 2 N–H and O–H groups in total. The fourth-order valence-electron chi connectivity index (χ4n) is 2.62. The summed E-state index contributed by atoms with van der Waals surface area (Å²) in [5.74, 6) is 1.11. The van der Waals surface area contributed by atoms with Gasteiger partial charge in [0.1, 0.15) is 5.75 Å². The van der Waals surface area contributed by atoms with Gasteiger partial charge in [-0.1, -0.05) is 25.1 Å². The fourth-order valence-corrected chi connectivity index (χ4v) is 2.62. The molecule has 0 aliphatic carbocycles. The van der Waals surface area contributed by atoms with Crippen LogP contribution in [0.25, 0.3) is 0 Å². The van der Waals surface area contributed by atoms with Gasteiger partial charge in [-0.05, 0) is 32.4 Å². The minimum Gasteiger partial charge on any atom is -0.494 e. The summed E-state index contributed by atoms with van der Waals surface area (Å²) in [6.45, 7) is 6.41. The normalized spacial score (nSPS) is 19.6. The molecule has 1 fully saturated rings. The molecule has 1 aromatic rings. The molecule has 2 atom stereocenters. The summed E-state index contributed by atoms with van der Waals surface area (Å²) in [4.78, 5) is 12.3. The standard InChI is InChI=1S/C16H24N2O2/c1-3-14(18-16(19)12-9-10-17-11-12)13-7-5-6-8-15(13)20-4-2/h5-8,12,14,17H,3-4,9-11H2,1-2H3,(H,18,19). The number of nitrogens with one attached hydrogen (secondary N) is 2. The van der Waals surface area contributed by atoms with Gasteiger partial charge in [-0.15, -0.1) is 0 Å². The van der Waals surface area contributed by atoms with Crippen molar-refractivity contribution in [2.75, 3.05) is 19.7 Å². The zero-order chi connectivity index (χ0) is 14.4. The fraction of sp³-hybridized carbons (Fsp3) is 0.562. The molecule has 2 rings (SSSR count). The van der Waals surface area contributed by atoms with Crippen LogP contribution in [0.1, 0.15) is 38.3 Å². The summed E-state index contributed by atoms with van der Waals surface area (Å²) in [7, 11) is 0. The van der Waals surface area contributed by atoms with Crippen LogP contribution in [0.4, 0.5) is 0 Å². The number of benzene rings is 1. The van der Waals surface area contributed by atoms with Crippen LogP contribution in [0.3, 0.4) is 0 Å². The summed E-state index contributed by atoms with van der Waals surface area (Å²) in [5, 5.41) is 6.40. The second-order valence-electron chi connectivity index (χ2n) is 5.13. The Kier molecular flexibility index (Phi) is 5.41. The van der Waals surface area contributed by atoms with Crippen LogP contribution in [0.15, 0.2) is 24.3 Å². The van der Waals surface area contributed by atoms with Crippen LogP contribution in [0, 0.1) is 5.92 Å². The summed E-state index contributed by atoms with van der Waals surface area (Å²) in [5.41, 5.74) is 1.07. The van der Waals surface area contributed by atoms with Gasteiger partial charge in [-0.25, -0.2) is 0 Å². The molecule has 110 valence electrons. The highest BCUT2D eigenvalue weighted by Gasteiger charge is 2.25. The molecule has 0 spiro atoms. The summed E-state index contributed by atoms with van der Waals surface area (Å²) in [6, 6.07) is 7.97. The van der Waals surface area contributed by atoms with Crippen molar-refractivity contribution < 1.29 is 9.53 Å². The van der Waals surface area contributed by atoms with E-state index in [0.717, 1.165) is 37.2 Å². The average Bonchev–Trinajstić information content (AvgIpc) is 3.00. The van der Waals surface area contributed by atoms with Gasteiger partial charge in [0.05, 0.1) is 18.6 Å². The zero-order valence-corrected chi connectivity index (χ0v) is 12.3. The van der Waals surface area contributed by atoms with Crippen molar-refractivity contribution in [3.63, 3.8) is 0 Å². The van der Waals surface area contributed by atoms with Gasteiger partial charge >= 0.3 is 0 Å². The quantitative estimate of drug-likeness (QED) is 0.838. The van der Waals surface area contributed by atoms with E-state index in [0.29, 0.717) is 6.61 Å². The molecule has 1 amide bonds. The Morgan fingerprint density at radius 2 is 2.25 bits per heavy atom. The first kappa shape index (κ1) is 14.9. The molecule has 1 aromatic carbocycles. The first-order valence-electron chi connectivity index (χ1n) is 7.49. The average molecular weight is 276 g/mol. The molecule has 1 aliphatic rings. The Labute approximate surface area is 120 Å². The van der Waals surface area contributed by atoms with Gasteiger partial charge < -0.3 is 15.4 Å². The maximum absolute atomic E-state index is 12.3. The molecule has 1 aliphatic heterocycles. The van der Waals surface area contributed by atoms with Gasteiger partial charge in [-0.2, -0.15) is 0 Å². The molecular weight excluding hydrogens is 252 g/mol. The van der Waals surface area contributed by atoms with Crippen molar-refractivity contribution in [2.45, 2.75) is 32.7 Å². The van der Waals surface area contributed by atoms with Gasteiger partial charge in [0.25, 0.3) is 0 Å². The Morgan fingerprint density at radius 1 is 1.45 bits per heavy atom. The maximum Gasteiger partial charge on any atom is 0.224 e. The largest absolute Gasteiger partial charge is 0.494 e. The van der Waals surface area contributed by atoms with Crippen LogP contribution >= 0.6 is 0 Å². The van der Waals surface area contributed by atoms with Gasteiger partial charge in [0, 0.05) is 12.1 Å². The number of para-hydroxylation sites is 1. The number of ether oxygens (including phenoxy) is 1. The van der Waals surface area contributed by atoms with Crippen LogP contribution < -0.4 is 15.4 Å². The van der Waals surface area contributed by atoms with Crippen molar-refractivity contribution >= 4 is 5.91 Å². The molecule has 4 nitrogen and oxygen atoms in total. The molecule has 4 heteroatoms. The van der Waals surface area contributed by atoms with Crippen LogP contribution in [-0.2, 0) is 4.79 Å². The molecule has 2 unspecified atom stereocenters. The molecule has 20 heavy (non-hydrogen) atoms. The molecule has 1 saturated heterocycles. The molecule has 0 aromatic heterocycles. The number of carbonyl (C=O) groups is 1. The Bertz CT molecular complexity index is 442. The summed E-state index contributed by atoms with van der Waals surface area (Å²) >= 11 is 0. The lowest BCUT2D eigenvalue weighted by Gasteiger charge is -2.22. The number of carbonyl (C=O) groups excluding carboxylic acids is 1. The number of hydrogen-bond donors (Lipinski definition) is 2. The summed E-state index contributed by atoms with van der Waals surface area (Å²) < 4.78 is 5.66. The lowest BCUT2D eigenvalue weighted by Crippen LogP contribution is -2.34. The van der Waals surface area contributed by atoms with Crippen LogP contribution in [0.2, 0.25) is 0 Å². The van der Waals surface area contributed by atoms with E-state index >= 15 is 0 Å². The highest BCUT2D eigenvalue weighted by molar-refractivity contribution is 5.79. The number of amides is 1. The second-order valence-corrected chi connectivity index (χ2v) is 5.13. The monoisotopic (exact) mass is 276 g/mol. The molecule has 1 heterocycles. The Hall–Kier alpha value is -1.55. The van der Waals surface area contributed by atoms with E-state index < -0.39 is 0 Å². The molecule has 0 bridgehead atoms. The Balaban J connectivity index is 2.09. The van der Waals surface area contributed by atoms with Crippen LogP contribution in [0.5, 0.6) is 5.75 Å². The van der Waals surface area contributed by atoms with Crippen molar-refractivity contribution in [1.29, 1.82) is 0 Å². The van der Waals surface area contributed by atoms with Crippen molar-refractivity contribution in [3.05, 3.63) is 29.8 Å². The smallest absolute Gasteiger partial charge is 0.224 e. The number of hydrogen-bond acceptors (Lipinski definition) is 3. The first-order valence-corrected chi connectivity index (χ1v) is 7.49. The minimum atomic E-state index is 0.0193. The predicted octanol–water partition coefficient (Wildman–Crippen LogP) is 2.26. The highest BCUT2D eigenvalue weighted by Crippen LogP contribution is 2.27. The Morgan fingerprint density at radius 3 is 2.90 bits per heavy atom. The van der Waals surface area contributed by atoms with E-state index in [-0.39, 0.29) is 17.9 Å². The molecule has 0 radical (unpaired) electrons. The molecular formula is C16H24N2O2. The van der Waals surface area contributed by atoms with Crippen molar-refractivity contribution in [2.24, 2.45) is 5.92 Å². The molecule has 0 saturated carbocycles. The van der Waals surface area contributed by atoms with E-state index in [9.17, 15) is 4.79 Å². The highest BCUT2D eigenvalue weighted by atomic mass is 16.5. The van der Waals surface area contributed by atoms with Crippen molar-refractivity contribution in [3.8, 4) is 5.75 Å². The van der Waals surface area contributed by atoms with E-state index in [4.69, 9.17) is 4.74 Å². The third kappa shape index (κ3) is 3.51. The van der Waals surface area contributed by atoms with E-state index in [1.165, 1.54) is 0 Å². The van der Waals surface area contributed by atoms with E-state index in [1.54, 1.807) is 0 Å². The zero-order valence-electron chi connectivity index (χ0n) is 12.3. The number of rotatable bonds is 6. The summed E-state index contributed by atoms with van der Waals surface area (Å²) in [6.07, 6.45) is 1.78. The third-order valence-electron chi connectivity index (χ3n) is 3.75. The predicted molar refractivity (Wildman–Crippen MR) is 79.8 cm³/mol. The minimum absolute atomic E-state index is 0.0193. The van der Waals surface area contributed by atoms with Crippen LogP contribution in [-0.4, -0.2) is 25.6 Å². The lowest BCUT2D eigenvalue weighted by atomic mass is 10.0. The lowest BCUT2D eigenvalue weighted by molar-refractivity contribution is -0.125. The SMILES string of the molecule is CCOc1ccccc1C(CC)NC(=O)C1CCNC1. The maximum atomic E-state index is 12.3. The van der Waals surface area contributed by atoms with E-state index in [2.05, 4.69) is 17.6 Å². The topological polar surface area (TPSA) is 50.4 Å². The van der Waals surface area contributed by atoms with Gasteiger partial charge in [0.15, 0.2) is 0 Å².